The number of hydrogen-bond donors (Lipinski definition) is 0. The summed E-state index contributed by atoms with van der Waals surface area (Å²) in [6.07, 6.45) is -1.64. The Morgan fingerprint density at radius 3 is 1.67 bits per heavy atom. The van der Waals surface area contributed by atoms with Crippen LogP contribution in [-0.2, 0) is 13.6 Å². The van der Waals surface area contributed by atoms with Crippen molar-refractivity contribution in [3.05, 3.63) is 0 Å². The average molecular weight is 198 g/mol. The van der Waals surface area contributed by atoms with E-state index in [4.69, 9.17) is 9.05 Å². The van der Waals surface area contributed by atoms with E-state index in [2.05, 4.69) is 0 Å². The fourth-order valence-electron chi connectivity index (χ4n) is 0.724. The molecule has 0 saturated heterocycles. The highest BCUT2D eigenvalue weighted by molar-refractivity contribution is 7.53. The van der Waals surface area contributed by atoms with Crippen molar-refractivity contribution in [2.24, 2.45) is 0 Å². The molecule has 0 aromatic carbocycles. The number of hydrogen-bond acceptors (Lipinski definition) is 3. The van der Waals surface area contributed by atoms with Crippen molar-refractivity contribution in [1.82, 2.24) is 0 Å². The van der Waals surface area contributed by atoms with Gasteiger partial charge in [0.2, 0.25) is 0 Å². The molecular formula is C7H16FO3P. The fraction of sp³-hybridized carbons (Fsp3) is 1.00. The third-order valence-electron chi connectivity index (χ3n) is 0.889. The molecule has 0 rings (SSSR count). The van der Waals surface area contributed by atoms with E-state index >= 15 is 0 Å². The average Bonchev–Trinajstić information content (AvgIpc) is 1.83. The second-order valence-corrected chi connectivity index (χ2v) is 4.92. The zero-order valence-corrected chi connectivity index (χ0v) is 8.81. The van der Waals surface area contributed by atoms with Crippen LogP contribution in [0.4, 0.5) is 4.39 Å². The Labute approximate surface area is 72.8 Å². The zero-order valence-electron chi connectivity index (χ0n) is 7.91. The molecule has 5 heteroatoms. The first-order chi connectivity index (χ1) is 5.39. The van der Waals surface area contributed by atoms with Crippen LogP contribution < -0.4 is 0 Å². The fourth-order valence-corrected chi connectivity index (χ4v) is 2.17. The van der Waals surface area contributed by atoms with Crippen LogP contribution in [0.2, 0.25) is 0 Å². The molecule has 0 atom stereocenters. The van der Waals surface area contributed by atoms with Gasteiger partial charge in [-0.3, -0.25) is 4.57 Å². The van der Waals surface area contributed by atoms with Crippen molar-refractivity contribution in [2.45, 2.75) is 39.9 Å². The second-order valence-electron chi connectivity index (χ2n) is 3.04. The van der Waals surface area contributed by atoms with Crippen molar-refractivity contribution < 1.29 is 18.0 Å². The van der Waals surface area contributed by atoms with Crippen LogP contribution >= 0.6 is 7.60 Å². The van der Waals surface area contributed by atoms with E-state index in [1.807, 2.05) is 0 Å². The molecule has 0 fully saturated rings. The molecule has 0 heterocycles. The Bertz CT molecular complexity index is 156. The van der Waals surface area contributed by atoms with Crippen molar-refractivity contribution >= 4 is 7.60 Å². The van der Waals surface area contributed by atoms with Crippen LogP contribution in [0.5, 0.6) is 0 Å². The van der Waals surface area contributed by atoms with Crippen LogP contribution in [0.3, 0.4) is 0 Å². The molecule has 0 bridgehead atoms. The van der Waals surface area contributed by atoms with Gasteiger partial charge in [-0.1, -0.05) is 0 Å². The van der Waals surface area contributed by atoms with E-state index < -0.39 is 14.0 Å². The molecule has 0 unspecified atom stereocenters. The van der Waals surface area contributed by atoms with Gasteiger partial charge in [-0.25, -0.2) is 4.39 Å². The van der Waals surface area contributed by atoms with Gasteiger partial charge in [0.25, 0.3) is 0 Å². The highest BCUT2D eigenvalue weighted by Crippen LogP contribution is 2.50. The minimum absolute atomic E-state index is 0.287. The molecule has 0 saturated carbocycles. The van der Waals surface area contributed by atoms with Gasteiger partial charge in [0.1, 0.15) is 0 Å². The Morgan fingerprint density at radius 1 is 1.17 bits per heavy atom. The molecule has 0 amide bonds. The summed E-state index contributed by atoms with van der Waals surface area (Å²) in [7, 11) is -3.48. The van der Waals surface area contributed by atoms with Crippen LogP contribution in [0, 0.1) is 0 Å². The van der Waals surface area contributed by atoms with Crippen LogP contribution in [0.25, 0.3) is 0 Å². The molecule has 0 spiro atoms. The lowest BCUT2D eigenvalue weighted by atomic mass is 10.5. The van der Waals surface area contributed by atoms with Crippen LogP contribution in [0.15, 0.2) is 0 Å². The van der Waals surface area contributed by atoms with Gasteiger partial charge in [0.15, 0.2) is 6.42 Å². The Morgan fingerprint density at radius 2 is 1.50 bits per heavy atom. The predicted molar refractivity (Wildman–Crippen MR) is 46.0 cm³/mol. The molecule has 0 aromatic rings. The smallest absolute Gasteiger partial charge is 0.304 e. The van der Waals surface area contributed by atoms with Crippen molar-refractivity contribution in [3.63, 3.8) is 0 Å². The van der Waals surface area contributed by atoms with E-state index in [0.29, 0.717) is 0 Å². The van der Waals surface area contributed by atoms with Gasteiger partial charge in [0.05, 0.1) is 12.2 Å². The highest BCUT2D eigenvalue weighted by Gasteiger charge is 2.27. The van der Waals surface area contributed by atoms with Gasteiger partial charge < -0.3 is 9.05 Å². The molecule has 0 aromatic heterocycles. The second kappa shape index (κ2) is 4.95. The zero-order chi connectivity index (χ0) is 9.78. The van der Waals surface area contributed by atoms with Gasteiger partial charge in [0, 0.05) is 0 Å². The maximum Gasteiger partial charge on any atom is 0.361 e. The summed E-state index contributed by atoms with van der Waals surface area (Å²) in [5.41, 5.74) is 0. The van der Waals surface area contributed by atoms with E-state index in [0.717, 1.165) is 0 Å². The molecule has 12 heavy (non-hydrogen) atoms. The van der Waals surface area contributed by atoms with Crippen molar-refractivity contribution in [2.75, 3.05) is 6.42 Å². The Hall–Kier alpha value is 0.0800. The minimum Gasteiger partial charge on any atom is -0.304 e. The summed E-state index contributed by atoms with van der Waals surface area (Å²) < 4.78 is 33.3. The minimum atomic E-state index is -3.48. The first-order valence-corrected chi connectivity index (χ1v) is 5.64. The van der Waals surface area contributed by atoms with Crippen molar-refractivity contribution in [1.29, 1.82) is 0 Å². The largest absolute Gasteiger partial charge is 0.361 e. The summed E-state index contributed by atoms with van der Waals surface area (Å²) in [5.74, 6) is 0. The third kappa shape index (κ3) is 4.86. The lowest BCUT2D eigenvalue weighted by Crippen LogP contribution is -2.08. The van der Waals surface area contributed by atoms with Gasteiger partial charge >= 0.3 is 7.60 Å². The maximum absolute atomic E-state index is 12.2. The molecule has 0 N–H and O–H groups in total. The standard InChI is InChI=1S/C7H16FO3P/c1-6(2)10-12(9,5-8)11-7(3)4/h6-7H,5H2,1-4H3. The molecule has 0 aliphatic heterocycles. The molecular weight excluding hydrogens is 182 g/mol. The quantitative estimate of drug-likeness (QED) is 0.637. The van der Waals surface area contributed by atoms with E-state index in [1.165, 1.54) is 0 Å². The number of halogens is 1. The first kappa shape index (κ1) is 12.1. The monoisotopic (exact) mass is 198 g/mol. The van der Waals surface area contributed by atoms with E-state index in [9.17, 15) is 8.96 Å². The summed E-state index contributed by atoms with van der Waals surface area (Å²) >= 11 is 0. The van der Waals surface area contributed by atoms with Gasteiger partial charge in [-0.2, -0.15) is 0 Å². The van der Waals surface area contributed by atoms with E-state index in [1.54, 1.807) is 27.7 Å². The van der Waals surface area contributed by atoms with E-state index in [-0.39, 0.29) is 12.2 Å². The molecule has 3 nitrogen and oxygen atoms in total. The Balaban J connectivity index is 4.15. The normalized spacial score (nSPS) is 12.9. The van der Waals surface area contributed by atoms with Crippen LogP contribution in [0.1, 0.15) is 27.7 Å². The summed E-state index contributed by atoms with van der Waals surface area (Å²) in [5, 5.41) is 0. The molecule has 0 aliphatic carbocycles. The number of alkyl halides is 1. The Kier molecular flexibility index (Phi) is 4.98. The van der Waals surface area contributed by atoms with Gasteiger partial charge in [-0.15, -0.1) is 0 Å². The molecule has 0 radical (unpaired) electrons. The van der Waals surface area contributed by atoms with Gasteiger partial charge in [-0.05, 0) is 27.7 Å². The molecule has 0 aliphatic rings. The maximum atomic E-state index is 12.2. The third-order valence-corrected chi connectivity index (χ3v) is 2.67. The van der Waals surface area contributed by atoms with Crippen LogP contribution in [-0.4, -0.2) is 18.6 Å². The predicted octanol–water partition coefficient (Wildman–Crippen LogP) is 2.96. The topological polar surface area (TPSA) is 35.5 Å². The summed E-state index contributed by atoms with van der Waals surface area (Å²) in [6, 6.07) is 0. The SMILES string of the molecule is CC(C)OP(=O)(CF)OC(C)C. The summed E-state index contributed by atoms with van der Waals surface area (Å²) in [4.78, 5) is 0. The van der Waals surface area contributed by atoms with Crippen molar-refractivity contribution in [3.8, 4) is 0 Å². The molecule has 74 valence electrons. The highest BCUT2D eigenvalue weighted by atomic mass is 31.2. The summed E-state index contributed by atoms with van der Waals surface area (Å²) in [6.45, 7) is 6.75. The first-order valence-electron chi connectivity index (χ1n) is 3.91. The lowest BCUT2D eigenvalue weighted by Gasteiger charge is -2.19. The number of rotatable bonds is 5. The lowest BCUT2D eigenvalue weighted by molar-refractivity contribution is 0.136.